The number of nitrogens with one attached hydrogen (secondary N) is 1. The molecule has 0 bridgehead atoms. The lowest BCUT2D eigenvalue weighted by Crippen LogP contribution is -2.27. The zero-order valence-electron chi connectivity index (χ0n) is 15.7. The number of hydrogen-bond acceptors (Lipinski definition) is 5. The molecule has 0 saturated heterocycles. The van der Waals surface area contributed by atoms with Gasteiger partial charge in [-0.25, -0.2) is 8.78 Å². The van der Waals surface area contributed by atoms with Gasteiger partial charge in [0.05, 0.1) is 11.3 Å². The fourth-order valence-corrected chi connectivity index (χ4v) is 3.04. The van der Waals surface area contributed by atoms with Gasteiger partial charge in [-0.05, 0) is 42.5 Å². The Kier molecular flexibility index (Phi) is 5.72. The maximum absolute atomic E-state index is 13.7. The summed E-state index contributed by atoms with van der Waals surface area (Å²) in [6.45, 7) is -0.392. The molecule has 0 aliphatic carbocycles. The van der Waals surface area contributed by atoms with Crippen LogP contribution >= 0.6 is 15.9 Å². The topological polar surface area (TPSA) is 90.0 Å². The van der Waals surface area contributed by atoms with Crippen molar-refractivity contribution in [3.05, 3.63) is 87.3 Å². The van der Waals surface area contributed by atoms with E-state index in [1.165, 1.54) is 18.3 Å². The molecule has 2 aromatic carbocycles. The van der Waals surface area contributed by atoms with Crippen molar-refractivity contribution in [2.45, 2.75) is 6.54 Å². The monoisotopic (exact) mass is 486 g/mol. The molecule has 0 unspecified atom stereocenters. The maximum Gasteiger partial charge on any atom is 0.259 e. The minimum atomic E-state index is -0.916. The van der Waals surface area contributed by atoms with Crippen molar-refractivity contribution in [3.63, 3.8) is 0 Å². The molecular formula is C21H13BrF2N4O3. The van der Waals surface area contributed by atoms with Gasteiger partial charge in [-0.3, -0.25) is 9.59 Å². The first-order valence-corrected chi connectivity index (χ1v) is 9.74. The summed E-state index contributed by atoms with van der Waals surface area (Å²) in [5.41, 5.74) is 0.529. The van der Waals surface area contributed by atoms with Crippen LogP contribution in [-0.4, -0.2) is 20.6 Å². The van der Waals surface area contributed by atoms with Crippen molar-refractivity contribution >= 4 is 27.5 Å². The van der Waals surface area contributed by atoms with E-state index >= 15 is 0 Å². The van der Waals surface area contributed by atoms with E-state index in [1.54, 1.807) is 0 Å². The molecule has 2 heterocycles. The average Bonchev–Trinajstić information content (AvgIpc) is 3.22. The first kappa shape index (κ1) is 20.6. The number of nitrogens with zero attached hydrogens (tertiary/aromatic N) is 3. The molecule has 0 radical (unpaired) electrons. The number of anilines is 1. The molecule has 0 aliphatic rings. The second-order valence-electron chi connectivity index (χ2n) is 6.49. The van der Waals surface area contributed by atoms with E-state index in [0.717, 1.165) is 26.7 Å². The van der Waals surface area contributed by atoms with Crippen molar-refractivity contribution in [1.82, 2.24) is 14.7 Å². The normalized spacial score (nSPS) is 10.8. The Morgan fingerprint density at radius 2 is 1.81 bits per heavy atom. The van der Waals surface area contributed by atoms with Crippen molar-refractivity contribution in [1.29, 1.82) is 0 Å². The Bertz CT molecular complexity index is 1320. The second kappa shape index (κ2) is 8.60. The Labute approximate surface area is 182 Å². The van der Waals surface area contributed by atoms with E-state index in [-0.39, 0.29) is 11.6 Å². The van der Waals surface area contributed by atoms with Crippen molar-refractivity contribution in [2.75, 3.05) is 5.32 Å². The van der Waals surface area contributed by atoms with Crippen LogP contribution in [0.1, 0.15) is 0 Å². The number of halogens is 3. The van der Waals surface area contributed by atoms with E-state index < -0.39 is 29.6 Å². The zero-order chi connectivity index (χ0) is 22.0. The highest BCUT2D eigenvalue weighted by Crippen LogP contribution is 2.23. The molecule has 10 heteroatoms. The van der Waals surface area contributed by atoms with Gasteiger partial charge < -0.3 is 14.4 Å². The van der Waals surface area contributed by atoms with Gasteiger partial charge in [-0.2, -0.15) is 4.98 Å². The Hall–Kier alpha value is -3.66. The fourth-order valence-electron chi connectivity index (χ4n) is 2.77. The summed E-state index contributed by atoms with van der Waals surface area (Å²) < 4.78 is 34.0. The molecule has 4 aromatic rings. The fraction of sp³-hybridized carbons (Fsp3) is 0.0476. The van der Waals surface area contributed by atoms with Crippen LogP contribution in [0.4, 0.5) is 14.5 Å². The lowest BCUT2D eigenvalue weighted by molar-refractivity contribution is -0.116. The van der Waals surface area contributed by atoms with E-state index in [1.807, 2.05) is 24.3 Å². The lowest BCUT2D eigenvalue weighted by Gasteiger charge is -2.09. The molecular weight excluding hydrogens is 474 g/mol. The molecule has 1 amide bonds. The summed E-state index contributed by atoms with van der Waals surface area (Å²) in [5, 5.41) is 6.24. The van der Waals surface area contributed by atoms with Gasteiger partial charge in [0.25, 0.3) is 11.4 Å². The van der Waals surface area contributed by atoms with E-state index in [2.05, 4.69) is 31.4 Å². The molecule has 2 aromatic heterocycles. The van der Waals surface area contributed by atoms with E-state index in [4.69, 9.17) is 4.52 Å². The molecule has 0 saturated carbocycles. The average molecular weight is 487 g/mol. The number of amides is 1. The Morgan fingerprint density at radius 1 is 1.06 bits per heavy atom. The summed E-state index contributed by atoms with van der Waals surface area (Å²) in [6.07, 6.45) is 1.39. The largest absolute Gasteiger partial charge is 0.334 e. The first-order chi connectivity index (χ1) is 14.9. The molecule has 1 N–H and O–H groups in total. The number of hydrogen-bond donors (Lipinski definition) is 1. The number of carbonyl (C=O) groups excluding carboxylic acids is 1. The third kappa shape index (κ3) is 4.75. The van der Waals surface area contributed by atoms with Gasteiger partial charge in [-0.15, -0.1) is 0 Å². The molecule has 7 nitrogen and oxygen atoms in total. The van der Waals surface area contributed by atoms with Gasteiger partial charge in [0.2, 0.25) is 11.7 Å². The van der Waals surface area contributed by atoms with Gasteiger partial charge in [0, 0.05) is 28.4 Å². The Morgan fingerprint density at radius 3 is 2.55 bits per heavy atom. The predicted molar refractivity (Wildman–Crippen MR) is 112 cm³/mol. The molecule has 0 spiro atoms. The third-order valence-electron chi connectivity index (χ3n) is 4.28. The highest BCUT2D eigenvalue weighted by molar-refractivity contribution is 9.10. The third-order valence-corrected chi connectivity index (χ3v) is 4.81. The number of rotatable bonds is 5. The SMILES string of the molecule is O=C(Cn1cc(-c2nc(-c3ccc(Br)cc3)no2)ccc1=O)Nc1ccc(F)cc1F. The van der Waals surface area contributed by atoms with Gasteiger partial charge >= 0.3 is 0 Å². The number of pyridine rings is 1. The molecule has 0 aliphatic heterocycles. The van der Waals surface area contributed by atoms with Crippen molar-refractivity contribution < 1.29 is 18.1 Å². The van der Waals surface area contributed by atoms with Crippen molar-refractivity contribution in [2.24, 2.45) is 0 Å². The summed E-state index contributed by atoms with van der Waals surface area (Å²) in [4.78, 5) is 28.7. The highest BCUT2D eigenvalue weighted by Gasteiger charge is 2.14. The zero-order valence-corrected chi connectivity index (χ0v) is 17.3. The smallest absolute Gasteiger partial charge is 0.259 e. The first-order valence-electron chi connectivity index (χ1n) is 8.94. The second-order valence-corrected chi connectivity index (χ2v) is 7.40. The minimum absolute atomic E-state index is 0.164. The number of aromatic nitrogens is 3. The summed E-state index contributed by atoms with van der Waals surface area (Å²) in [5.74, 6) is -1.81. The van der Waals surface area contributed by atoms with Crippen LogP contribution in [0.15, 0.2) is 74.6 Å². The minimum Gasteiger partial charge on any atom is -0.334 e. The maximum atomic E-state index is 13.7. The van der Waals surface area contributed by atoms with Crippen LogP contribution < -0.4 is 10.9 Å². The van der Waals surface area contributed by atoms with E-state index in [9.17, 15) is 18.4 Å². The molecule has 0 atom stereocenters. The van der Waals surface area contributed by atoms with Crippen LogP contribution in [0.2, 0.25) is 0 Å². The van der Waals surface area contributed by atoms with Crippen LogP contribution in [-0.2, 0) is 11.3 Å². The standard InChI is InChI=1S/C21H13BrF2N4O3/c22-14-4-1-12(2-5-14)20-26-21(31-27-20)13-3-8-19(30)28(10-13)11-18(29)25-17-7-6-15(23)9-16(17)24/h1-10H,11H2,(H,25,29). The number of benzene rings is 2. The highest BCUT2D eigenvalue weighted by atomic mass is 79.9. The molecule has 31 heavy (non-hydrogen) atoms. The Balaban J connectivity index is 1.54. The molecule has 156 valence electrons. The van der Waals surface area contributed by atoms with E-state index in [0.29, 0.717) is 17.5 Å². The van der Waals surface area contributed by atoms with Crippen LogP contribution in [0.25, 0.3) is 22.8 Å². The predicted octanol–water partition coefficient (Wildman–Crippen LogP) is 4.24. The van der Waals surface area contributed by atoms with Gasteiger partial charge in [0.1, 0.15) is 18.2 Å². The summed E-state index contributed by atoms with van der Waals surface area (Å²) in [7, 11) is 0. The summed E-state index contributed by atoms with van der Waals surface area (Å²) >= 11 is 3.36. The van der Waals surface area contributed by atoms with Crippen molar-refractivity contribution in [3.8, 4) is 22.8 Å². The molecule has 0 fully saturated rings. The summed E-state index contributed by atoms with van der Waals surface area (Å²) in [6, 6.07) is 12.8. The molecule has 4 rings (SSSR count). The van der Waals surface area contributed by atoms with Crippen LogP contribution in [0, 0.1) is 11.6 Å². The van der Waals surface area contributed by atoms with Crippen LogP contribution in [0.5, 0.6) is 0 Å². The van der Waals surface area contributed by atoms with Crippen LogP contribution in [0.3, 0.4) is 0 Å². The van der Waals surface area contributed by atoms with Gasteiger partial charge in [-0.1, -0.05) is 21.1 Å². The lowest BCUT2D eigenvalue weighted by atomic mass is 10.2. The number of carbonyl (C=O) groups is 1. The quantitative estimate of drug-likeness (QED) is 0.455. The van der Waals surface area contributed by atoms with Gasteiger partial charge in [0.15, 0.2) is 0 Å².